The van der Waals surface area contributed by atoms with E-state index in [0.717, 1.165) is 6.42 Å². The van der Waals surface area contributed by atoms with Gasteiger partial charge in [-0.05, 0) is 43.5 Å². The Bertz CT molecular complexity index is 496. The molecule has 0 radical (unpaired) electrons. The van der Waals surface area contributed by atoms with Crippen LogP contribution in [0.5, 0.6) is 5.75 Å². The third kappa shape index (κ3) is 4.14. The van der Waals surface area contributed by atoms with E-state index in [9.17, 15) is 13.6 Å². The molecule has 0 aromatic heterocycles. The van der Waals surface area contributed by atoms with Crippen LogP contribution >= 0.6 is 0 Å². The molecule has 1 amide bonds. The number of hydrogen-bond acceptors (Lipinski definition) is 3. The Labute approximate surface area is 122 Å². The molecular weight excluding hydrogens is 278 g/mol. The highest BCUT2D eigenvalue weighted by Crippen LogP contribution is 2.23. The van der Waals surface area contributed by atoms with E-state index in [4.69, 9.17) is 5.73 Å². The van der Waals surface area contributed by atoms with E-state index < -0.39 is 6.61 Å². The molecule has 21 heavy (non-hydrogen) atoms. The number of rotatable bonds is 5. The second-order valence-corrected chi connectivity index (χ2v) is 5.44. The number of alkyl halides is 2. The van der Waals surface area contributed by atoms with Crippen molar-refractivity contribution in [2.24, 2.45) is 11.7 Å². The minimum absolute atomic E-state index is 0.00681. The van der Waals surface area contributed by atoms with Gasteiger partial charge in [-0.2, -0.15) is 8.78 Å². The topological polar surface area (TPSA) is 55.6 Å². The number of hydrogen-bond donors (Lipinski definition) is 1. The van der Waals surface area contributed by atoms with Crippen molar-refractivity contribution < 1.29 is 18.3 Å². The lowest BCUT2D eigenvalue weighted by atomic mass is 10.1. The van der Waals surface area contributed by atoms with Gasteiger partial charge < -0.3 is 15.4 Å². The van der Waals surface area contributed by atoms with Crippen LogP contribution in [0, 0.1) is 5.92 Å². The molecule has 1 aliphatic rings. The van der Waals surface area contributed by atoms with Gasteiger partial charge in [0.2, 0.25) is 5.91 Å². The molecule has 4 nitrogen and oxygen atoms in total. The monoisotopic (exact) mass is 298 g/mol. The van der Waals surface area contributed by atoms with Crippen LogP contribution in [0.1, 0.15) is 18.9 Å². The summed E-state index contributed by atoms with van der Waals surface area (Å²) < 4.78 is 28.7. The Morgan fingerprint density at radius 1 is 1.52 bits per heavy atom. The molecule has 1 aliphatic heterocycles. The van der Waals surface area contributed by atoms with Crippen molar-refractivity contribution in [1.82, 2.24) is 4.90 Å². The number of carbonyl (C=O) groups excluding carboxylic acids is 1. The van der Waals surface area contributed by atoms with Gasteiger partial charge in [0.15, 0.2) is 0 Å². The van der Waals surface area contributed by atoms with E-state index in [0.29, 0.717) is 24.6 Å². The van der Waals surface area contributed by atoms with Crippen molar-refractivity contribution >= 4 is 5.91 Å². The second-order valence-electron chi connectivity index (χ2n) is 5.44. The number of likely N-dealkylation sites (tertiary alicyclic amines) is 1. The first-order valence-corrected chi connectivity index (χ1v) is 7.03. The quantitative estimate of drug-likeness (QED) is 0.905. The summed E-state index contributed by atoms with van der Waals surface area (Å²) in [5.74, 6) is 0.412. The zero-order valence-corrected chi connectivity index (χ0v) is 12.0. The highest BCUT2D eigenvalue weighted by atomic mass is 19.3. The fourth-order valence-corrected chi connectivity index (χ4v) is 2.77. The molecule has 2 rings (SSSR count). The number of carbonyl (C=O) groups is 1. The molecule has 0 aliphatic carbocycles. The van der Waals surface area contributed by atoms with Crippen LogP contribution < -0.4 is 10.5 Å². The molecule has 1 heterocycles. The summed E-state index contributed by atoms with van der Waals surface area (Å²) in [6.45, 7) is 0.388. The molecule has 2 N–H and O–H groups in total. The van der Waals surface area contributed by atoms with Crippen LogP contribution in [-0.2, 0) is 11.2 Å². The summed E-state index contributed by atoms with van der Waals surface area (Å²) in [5.41, 5.74) is 6.32. The van der Waals surface area contributed by atoms with Gasteiger partial charge in [0.05, 0.1) is 6.42 Å². The Hall–Kier alpha value is -1.69. The normalized spacial score (nSPS) is 21.9. The second kappa shape index (κ2) is 6.85. The third-order valence-electron chi connectivity index (χ3n) is 3.79. The van der Waals surface area contributed by atoms with Crippen molar-refractivity contribution in [2.75, 3.05) is 13.1 Å². The van der Waals surface area contributed by atoms with Crippen molar-refractivity contribution in [1.29, 1.82) is 0 Å². The number of halogens is 2. The zero-order valence-electron chi connectivity index (χ0n) is 12.0. The van der Waals surface area contributed by atoms with Gasteiger partial charge in [0.1, 0.15) is 5.75 Å². The lowest BCUT2D eigenvalue weighted by Crippen LogP contribution is -2.35. The maximum Gasteiger partial charge on any atom is 0.387 e. The standard InChI is InChI=1S/C15H20F2N2O2/c1-10-5-12(8-18)9-19(10)14(20)7-11-3-2-4-13(6-11)21-15(16)17/h2-4,6,10,12,15H,5,7-9,18H2,1H3. The molecule has 1 fully saturated rings. The SMILES string of the molecule is CC1CC(CN)CN1C(=O)Cc1cccc(OC(F)F)c1. The highest BCUT2D eigenvalue weighted by molar-refractivity contribution is 5.79. The number of nitrogens with two attached hydrogens (primary N) is 1. The number of ether oxygens (including phenoxy) is 1. The molecule has 0 saturated carbocycles. The smallest absolute Gasteiger partial charge is 0.387 e. The number of nitrogens with zero attached hydrogens (tertiary/aromatic N) is 1. The molecule has 1 saturated heterocycles. The molecule has 0 bridgehead atoms. The van der Waals surface area contributed by atoms with E-state index in [2.05, 4.69) is 4.74 Å². The first-order valence-electron chi connectivity index (χ1n) is 7.03. The predicted octanol–water partition coefficient (Wildman–Crippen LogP) is 2.03. The Morgan fingerprint density at radius 3 is 2.90 bits per heavy atom. The van der Waals surface area contributed by atoms with Crippen LogP contribution in [0.2, 0.25) is 0 Å². The van der Waals surface area contributed by atoms with Gasteiger partial charge in [-0.1, -0.05) is 12.1 Å². The van der Waals surface area contributed by atoms with Crippen molar-refractivity contribution in [3.8, 4) is 5.75 Å². The molecule has 0 spiro atoms. The molecular formula is C15H20F2N2O2. The minimum Gasteiger partial charge on any atom is -0.435 e. The maximum absolute atomic E-state index is 12.3. The molecule has 116 valence electrons. The van der Waals surface area contributed by atoms with E-state index in [1.807, 2.05) is 11.8 Å². The van der Waals surface area contributed by atoms with Gasteiger partial charge in [-0.3, -0.25) is 4.79 Å². The molecule has 6 heteroatoms. The maximum atomic E-state index is 12.3. The Morgan fingerprint density at radius 2 is 2.29 bits per heavy atom. The summed E-state index contributed by atoms with van der Waals surface area (Å²) in [6, 6.07) is 6.44. The number of benzene rings is 1. The number of amides is 1. The first-order chi connectivity index (χ1) is 9.99. The van der Waals surface area contributed by atoms with Gasteiger partial charge in [-0.25, -0.2) is 0 Å². The van der Waals surface area contributed by atoms with Crippen LogP contribution in [0.15, 0.2) is 24.3 Å². The van der Waals surface area contributed by atoms with Gasteiger partial charge in [-0.15, -0.1) is 0 Å². The van der Waals surface area contributed by atoms with Crippen LogP contribution in [0.3, 0.4) is 0 Å². The zero-order chi connectivity index (χ0) is 15.4. The summed E-state index contributed by atoms with van der Waals surface area (Å²) >= 11 is 0. The Kier molecular flexibility index (Phi) is 5.12. The molecule has 1 aromatic rings. The Balaban J connectivity index is 1.99. The lowest BCUT2D eigenvalue weighted by molar-refractivity contribution is -0.131. The van der Waals surface area contributed by atoms with Crippen LogP contribution in [0.4, 0.5) is 8.78 Å². The lowest BCUT2D eigenvalue weighted by Gasteiger charge is -2.21. The fourth-order valence-electron chi connectivity index (χ4n) is 2.77. The predicted molar refractivity (Wildman–Crippen MR) is 75.1 cm³/mol. The van der Waals surface area contributed by atoms with Crippen LogP contribution in [-0.4, -0.2) is 36.5 Å². The summed E-state index contributed by atoms with van der Waals surface area (Å²) in [4.78, 5) is 14.1. The van der Waals surface area contributed by atoms with E-state index in [1.165, 1.54) is 12.1 Å². The van der Waals surface area contributed by atoms with Crippen molar-refractivity contribution in [2.45, 2.75) is 32.4 Å². The first kappa shape index (κ1) is 15.7. The summed E-state index contributed by atoms with van der Waals surface area (Å²) in [6.07, 6.45) is 1.10. The van der Waals surface area contributed by atoms with E-state index >= 15 is 0 Å². The van der Waals surface area contributed by atoms with E-state index in [1.54, 1.807) is 12.1 Å². The average molecular weight is 298 g/mol. The largest absolute Gasteiger partial charge is 0.435 e. The molecule has 2 unspecified atom stereocenters. The molecule has 1 aromatic carbocycles. The fraction of sp³-hybridized carbons (Fsp3) is 0.533. The minimum atomic E-state index is -2.86. The van der Waals surface area contributed by atoms with Crippen LogP contribution in [0.25, 0.3) is 0 Å². The summed E-state index contributed by atoms with van der Waals surface area (Å²) in [7, 11) is 0. The summed E-state index contributed by atoms with van der Waals surface area (Å²) in [5, 5.41) is 0. The van der Waals surface area contributed by atoms with Gasteiger partial charge in [0.25, 0.3) is 0 Å². The molecule has 2 atom stereocenters. The van der Waals surface area contributed by atoms with Gasteiger partial charge >= 0.3 is 6.61 Å². The average Bonchev–Trinajstić information content (AvgIpc) is 2.80. The van der Waals surface area contributed by atoms with Crippen molar-refractivity contribution in [3.05, 3.63) is 29.8 Å². The van der Waals surface area contributed by atoms with Gasteiger partial charge in [0, 0.05) is 12.6 Å². The van der Waals surface area contributed by atoms with E-state index in [-0.39, 0.29) is 24.1 Å². The van der Waals surface area contributed by atoms with Crippen molar-refractivity contribution in [3.63, 3.8) is 0 Å². The third-order valence-corrected chi connectivity index (χ3v) is 3.79. The highest BCUT2D eigenvalue weighted by Gasteiger charge is 2.31.